The Morgan fingerprint density at radius 3 is 2.39 bits per heavy atom. The minimum absolute atomic E-state index is 0.287. The summed E-state index contributed by atoms with van der Waals surface area (Å²) in [6.07, 6.45) is 8.70. The predicted octanol–water partition coefficient (Wildman–Crippen LogP) is 5.08. The maximum Gasteiger partial charge on any atom is 0.223 e. The molecule has 0 N–H and O–H groups in total. The second-order valence-electron chi connectivity index (χ2n) is 10.4. The first-order chi connectivity index (χ1) is 13.3. The second-order valence-corrected chi connectivity index (χ2v) is 12.1. The molecular formula is C24H33BrN2O. The highest BCUT2D eigenvalue weighted by Gasteiger charge is 2.57. The van der Waals surface area contributed by atoms with Gasteiger partial charge in [0.1, 0.15) is 0 Å². The molecule has 2 atom stereocenters. The van der Waals surface area contributed by atoms with Gasteiger partial charge in [-0.3, -0.25) is 4.79 Å². The van der Waals surface area contributed by atoms with Crippen molar-refractivity contribution in [3.8, 4) is 0 Å². The van der Waals surface area contributed by atoms with Gasteiger partial charge in [0, 0.05) is 42.6 Å². The SMILES string of the molecule is Cc1cccc(N2CCN(C(=O)CC34CC5CC(CC(Br)(C5)C3)C4)CC2)c1C. The maximum atomic E-state index is 13.2. The molecule has 4 saturated carbocycles. The van der Waals surface area contributed by atoms with E-state index >= 15 is 0 Å². The van der Waals surface area contributed by atoms with E-state index in [0.29, 0.717) is 10.2 Å². The molecule has 0 radical (unpaired) electrons. The minimum Gasteiger partial charge on any atom is -0.368 e. The molecule has 1 saturated heterocycles. The monoisotopic (exact) mass is 444 g/mol. The number of carbonyl (C=O) groups excluding carboxylic acids is 1. The summed E-state index contributed by atoms with van der Waals surface area (Å²) < 4.78 is 0.346. The summed E-state index contributed by atoms with van der Waals surface area (Å²) in [4.78, 5) is 17.9. The van der Waals surface area contributed by atoms with E-state index in [-0.39, 0.29) is 5.41 Å². The van der Waals surface area contributed by atoms with Gasteiger partial charge in [0.25, 0.3) is 0 Å². The number of rotatable bonds is 3. The highest BCUT2D eigenvalue weighted by molar-refractivity contribution is 9.10. The number of amides is 1. The van der Waals surface area contributed by atoms with E-state index in [0.717, 1.165) is 44.4 Å². The quantitative estimate of drug-likeness (QED) is 0.606. The topological polar surface area (TPSA) is 23.6 Å². The third-order valence-corrected chi connectivity index (χ3v) is 9.11. The van der Waals surface area contributed by atoms with E-state index in [9.17, 15) is 4.79 Å². The van der Waals surface area contributed by atoms with Gasteiger partial charge >= 0.3 is 0 Å². The predicted molar refractivity (Wildman–Crippen MR) is 118 cm³/mol. The average molecular weight is 445 g/mol. The largest absolute Gasteiger partial charge is 0.368 e. The molecule has 5 aliphatic rings. The number of hydrogen-bond donors (Lipinski definition) is 0. The summed E-state index contributed by atoms with van der Waals surface area (Å²) in [5.41, 5.74) is 4.35. The number of anilines is 1. The third kappa shape index (κ3) is 3.30. The number of hydrogen-bond acceptors (Lipinski definition) is 2. The zero-order valence-electron chi connectivity index (χ0n) is 17.3. The van der Waals surface area contributed by atoms with Gasteiger partial charge in [-0.25, -0.2) is 0 Å². The van der Waals surface area contributed by atoms with Gasteiger partial charge in [0.15, 0.2) is 0 Å². The normalized spacial score (nSPS) is 36.8. The van der Waals surface area contributed by atoms with Crippen LogP contribution >= 0.6 is 15.9 Å². The molecule has 2 unspecified atom stereocenters. The van der Waals surface area contributed by atoms with Crippen molar-refractivity contribution in [3.05, 3.63) is 29.3 Å². The first-order valence-electron chi connectivity index (χ1n) is 11.1. The van der Waals surface area contributed by atoms with Crippen molar-refractivity contribution in [1.82, 2.24) is 4.90 Å². The lowest BCUT2D eigenvalue weighted by Crippen LogP contribution is -2.55. The molecule has 0 spiro atoms. The lowest BCUT2D eigenvalue weighted by Gasteiger charge is -2.60. The standard InChI is InChI=1S/C24H33BrN2O/c1-17-4-3-5-21(18(17)2)26-6-8-27(9-7-26)22(28)15-23-11-19-10-20(12-23)14-24(25,13-19)16-23/h3-5,19-20H,6-16H2,1-2H3. The van der Waals surface area contributed by atoms with Crippen LogP contribution in [0.15, 0.2) is 18.2 Å². The Bertz CT molecular complexity index is 769. The lowest BCUT2D eigenvalue weighted by molar-refractivity contribution is -0.138. The summed E-state index contributed by atoms with van der Waals surface area (Å²) in [7, 11) is 0. The van der Waals surface area contributed by atoms with Crippen LogP contribution in [0.5, 0.6) is 0 Å². The van der Waals surface area contributed by atoms with Gasteiger partial charge < -0.3 is 9.80 Å². The van der Waals surface area contributed by atoms with Crippen molar-refractivity contribution in [3.63, 3.8) is 0 Å². The number of alkyl halides is 1. The highest BCUT2D eigenvalue weighted by atomic mass is 79.9. The maximum absolute atomic E-state index is 13.2. The summed E-state index contributed by atoms with van der Waals surface area (Å²) in [5, 5.41) is 0. The Hall–Kier alpha value is -1.03. The molecular weight excluding hydrogens is 412 g/mol. The Labute approximate surface area is 178 Å². The molecule has 1 aromatic rings. The molecule has 6 rings (SSSR count). The molecule has 1 aromatic carbocycles. The summed E-state index contributed by atoms with van der Waals surface area (Å²) in [5.74, 6) is 2.13. The first-order valence-corrected chi connectivity index (χ1v) is 11.9. The lowest BCUT2D eigenvalue weighted by atomic mass is 9.48. The van der Waals surface area contributed by atoms with Crippen molar-refractivity contribution < 1.29 is 4.79 Å². The summed E-state index contributed by atoms with van der Waals surface area (Å²) in [6.45, 7) is 8.04. The molecule has 1 aliphatic heterocycles. The fraction of sp³-hybridized carbons (Fsp3) is 0.708. The smallest absolute Gasteiger partial charge is 0.223 e. The number of nitrogens with zero attached hydrogens (tertiary/aromatic N) is 2. The van der Waals surface area contributed by atoms with E-state index < -0.39 is 0 Å². The second kappa shape index (κ2) is 6.75. The third-order valence-electron chi connectivity index (χ3n) is 8.19. The van der Waals surface area contributed by atoms with Crippen LogP contribution in [-0.4, -0.2) is 41.3 Å². The Balaban J connectivity index is 1.23. The molecule has 28 heavy (non-hydrogen) atoms. The number of benzene rings is 1. The molecule has 1 heterocycles. The molecule has 4 aliphatic carbocycles. The van der Waals surface area contributed by atoms with E-state index in [1.54, 1.807) is 0 Å². The average Bonchev–Trinajstić information content (AvgIpc) is 2.62. The Kier molecular flexibility index (Phi) is 4.57. The summed E-state index contributed by atoms with van der Waals surface area (Å²) >= 11 is 4.09. The fourth-order valence-electron chi connectivity index (χ4n) is 7.25. The number of carbonyl (C=O) groups is 1. The van der Waals surface area contributed by atoms with E-state index in [2.05, 4.69) is 57.8 Å². The van der Waals surface area contributed by atoms with Gasteiger partial charge in [-0.2, -0.15) is 0 Å². The zero-order valence-corrected chi connectivity index (χ0v) is 18.9. The van der Waals surface area contributed by atoms with Crippen LogP contribution in [0, 0.1) is 31.1 Å². The Morgan fingerprint density at radius 1 is 1.07 bits per heavy atom. The van der Waals surface area contributed by atoms with Crippen molar-refractivity contribution >= 4 is 27.5 Å². The van der Waals surface area contributed by atoms with E-state index in [1.807, 2.05) is 0 Å². The number of piperazine rings is 1. The van der Waals surface area contributed by atoms with E-state index in [4.69, 9.17) is 0 Å². The van der Waals surface area contributed by atoms with Gasteiger partial charge in [-0.15, -0.1) is 0 Å². The van der Waals surface area contributed by atoms with Crippen LogP contribution in [0.4, 0.5) is 5.69 Å². The molecule has 3 nitrogen and oxygen atoms in total. The Morgan fingerprint density at radius 2 is 1.75 bits per heavy atom. The van der Waals surface area contributed by atoms with Crippen LogP contribution in [-0.2, 0) is 4.79 Å². The van der Waals surface area contributed by atoms with Gasteiger partial charge in [-0.05, 0) is 86.8 Å². The molecule has 1 amide bonds. The van der Waals surface area contributed by atoms with Gasteiger partial charge in [0.05, 0.1) is 0 Å². The minimum atomic E-state index is 0.287. The van der Waals surface area contributed by atoms with Crippen LogP contribution in [0.25, 0.3) is 0 Å². The number of halogens is 1. The van der Waals surface area contributed by atoms with Crippen LogP contribution < -0.4 is 4.90 Å². The molecule has 4 heteroatoms. The molecule has 5 fully saturated rings. The van der Waals surface area contributed by atoms with Gasteiger partial charge in [-0.1, -0.05) is 28.1 Å². The molecule has 0 aromatic heterocycles. The first kappa shape index (κ1) is 19.0. The molecule has 152 valence electrons. The highest BCUT2D eigenvalue weighted by Crippen LogP contribution is 2.65. The molecule has 4 bridgehead atoms. The van der Waals surface area contributed by atoms with Crippen molar-refractivity contribution in [2.24, 2.45) is 17.3 Å². The fourth-order valence-corrected chi connectivity index (χ4v) is 8.76. The number of aryl methyl sites for hydroxylation is 1. The zero-order chi connectivity index (χ0) is 19.5. The van der Waals surface area contributed by atoms with Crippen LogP contribution in [0.1, 0.15) is 56.1 Å². The summed E-state index contributed by atoms with van der Waals surface area (Å²) in [6, 6.07) is 6.56. The van der Waals surface area contributed by atoms with Crippen molar-refractivity contribution in [2.75, 3.05) is 31.1 Å². The van der Waals surface area contributed by atoms with Crippen LogP contribution in [0.2, 0.25) is 0 Å². The van der Waals surface area contributed by atoms with Crippen molar-refractivity contribution in [2.45, 2.75) is 63.1 Å². The van der Waals surface area contributed by atoms with Crippen molar-refractivity contribution in [1.29, 1.82) is 0 Å². The van der Waals surface area contributed by atoms with Crippen LogP contribution in [0.3, 0.4) is 0 Å². The van der Waals surface area contributed by atoms with E-state index in [1.165, 1.54) is 55.3 Å². The van der Waals surface area contributed by atoms with Gasteiger partial charge in [0.2, 0.25) is 5.91 Å².